The number of hydrogen-bond donors (Lipinski definition) is 2. The molecule has 2 heterocycles. The molecule has 1 unspecified atom stereocenters. The number of ether oxygens (including phenoxy) is 3. The van der Waals surface area contributed by atoms with Crippen molar-refractivity contribution in [1.82, 2.24) is 10.2 Å². The Morgan fingerprint density at radius 1 is 1.32 bits per heavy atom. The number of methoxy groups -OCH3 is 1. The molecule has 2 amide bonds. The lowest BCUT2D eigenvalue weighted by Crippen LogP contribution is -2.55. The lowest BCUT2D eigenvalue weighted by atomic mass is 9.89. The van der Waals surface area contributed by atoms with E-state index in [1.165, 1.54) is 23.1 Å². The van der Waals surface area contributed by atoms with E-state index in [2.05, 4.69) is 15.0 Å². The van der Waals surface area contributed by atoms with E-state index in [0.717, 1.165) is 0 Å². The van der Waals surface area contributed by atoms with E-state index in [4.69, 9.17) is 15.2 Å². The lowest BCUT2D eigenvalue weighted by Gasteiger charge is -2.38. The van der Waals surface area contributed by atoms with Gasteiger partial charge in [-0.3, -0.25) is 14.5 Å². The van der Waals surface area contributed by atoms with Gasteiger partial charge in [-0.15, -0.1) is 13.2 Å². The summed E-state index contributed by atoms with van der Waals surface area (Å²) in [7, 11) is 1.57. The number of nitrogens with two attached hydrogens (primary N) is 1. The number of rotatable bonds is 8. The fourth-order valence-corrected chi connectivity index (χ4v) is 5.49. The van der Waals surface area contributed by atoms with E-state index in [1.54, 1.807) is 21.0 Å². The smallest absolute Gasteiger partial charge is 0.487 e. The minimum Gasteiger partial charge on any atom is -0.487 e. The van der Waals surface area contributed by atoms with Crippen molar-refractivity contribution >= 4 is 17.8 Å². The Kier molecular flexibility index (Phi) is 7.32. The van der Waals surface area contributed by atoms with Gasteiger partial charge in [-0.1, -0.05) is 0 Å². The third-order valence-corrected chi connectivity index (χ3v) is 7.13. The maximum Gasteiger partial charge on any atom is 0.573 e. The Balaban J connectivity index is 1.50. The second-order valence-electron chi connectivity index (χ2n) is 11.5. The summed E-state index contributed by atoms with van der Waals surface area (Å²) in [6.45, 7) is 7.69. The molecule has 0 saturated heterocycles. The van der Waals surface area contributed by atoms with Crippen molar-refractivity contribution in [3.8, 4) is 11.5 Å². The molecule has 3 N–H and O–H groups in total. The van der Waals surface area contributed by atoms with Crippen molar-refractivity contribution in [3.05, 3.63) is 23.8 Å². The highest BCUT2D eigenvalue weighted by molar-refractivity contribution is 5.99. The minimum atomic E-state index is -4.83. The van der Waals surface area contributed by atoms with Crippen molar-refractivity contribution in [1.29, 1.82) is 0 Å². The number of nitrogens with zero attached hydrogens (tertiary/aromatic N) is 2. The van der Waals surface area contributed by atoms with Gasteiger partial charge < -0.3 is 25.3 Å². The number of nitrogens with one attached hydrogen (secondary N) is 1. The van der Waals surface area contributed by atoms with Gasteiger partial charge in [-0.25, -0.2) is 4.99 Å². The number of benzene rings is 1. The van der Waals surface area contributed by atoms with Crippen LogP contribution in [-0.4, -0.2) is 59.9 Å². The first kappa shape index (κ1) is 28.0. The fourth-order valence-electron chi connectivity index (χ4n) is 5.49. The molecule has 1 aliphatic carbocycles. The molecule has 1 aromatic rings. The van der Waals surface area contributed by atoms with Gasteiger partial charge in [-0.2, -0.15) is 0 Å². The van der Waals surface area contributed by atoms with Gasteiger partial charge in [0.15, 0.2) is 5.96 Å². The molecule has 210 valence electrons. The first-order valence-corrected chi connectivity index (χ1v) is 12.6. The first-order valence-electron chi connectivity index (χ1n) is 12.6. The molecule has 0 radical (unpaired) electrons. The summed E-state index contributed by atoms with van der Waals surface area (Å²) in [5.74, 6) is -0.822. The van der Waals surface area contributed by atoms with Crippen LogP contribution in [0.25, 0.3) is 0 Å². The highest BCUT2D eigenvalue weighted by atomic mass is 19.4. The molecule has 4 atom stereocenters. The maximum atomic E-state index is 13.4. The van der Waals surface area contributed by atoms with Crippen molar-refractivity contribution < 1.29 is 37.0 Å². The van der Waals surface area contributed by atoms with Gasteiger partial charge in [-0.05, 0) is 58.6 Å². The van der Waals surface area contributed by atoms with E-state index in [9.17, 15) is 22.8 Å². The summed E-state index contributed by atoms with van der Waals surface area (Å²) >= 11 is 0. The Bertz CT molecular complexity index is 1120. The van der Waals surface area contributed by atoms with Crippen LogP contribution < -0.4 is 20.5 Å². The summed E-state index contributed by atoms with van der Waals surface area (Å²) in [6, 6.07) is 3.07. The van der Waals surface area contributed by atoms with Crippen LogP contribution >= 0.6 is 0 Å². The molecule has 1 fully saturated rings. The molecule has 0 bridgehead atoms. The number of halogens is 3. The summed E-state index contributed by atoms with van der Waals surface area (Å²) in [5.41, 5.74) is 5.46. The molecular formula is C26H35F3N4O5. The fraction of sp³-hybridized carbons (Fsp3) is 0.654. The third-order valence-electron chi connectivity index (χ3n) is 7.13. The Morgan fingerprint density at radius 3 is 2.66 bits per heavy atom. The second kappa shape index (κ2) is 9.94. The molecular weight excluding hydrogens is 505 g/mol. The van der Waals surface area contributed by atoms with Crippen LogP contribution in [0.4, 0.5) is 13.2 Å². The number of fused-ring (bicyclic) bond motifs is 1. The van der Waals surface area contributed by atoms with Crippen LogP contribution in [0, 0.1) is 11.8 Å². The van der Waals surface area contributed by atoms with Crippen molar-refractivity contribution in [3.63, 3.8) is 0 Å². The number of aliphatic imine (C=N–C) groups is 1. The molecule has 0 spiro atoms. The Morgan fingerprint density at radius 2 is 2.03 bits per heavy atom. The quantitative estimate of drug-likeness (QED) is 0.520. The summed E-state index contributed by atoms with van der Waals surface area (Å²) in [5, 5.41) is 3.06. The van der Waals surface area contributed by atoms with Gasteiger partial charge in [0.1, 0.15) is 17.1 Å². The van der Waals surface area contributed by atoms with Gasteiger partial charge in [0, 0.05) is 43.7 Å². The normalized spacial score (nSPS) is 26.5. The monoisotopic (exact) mass is 540 g/mol. The third kappa shape index (κ3) is 6.33. The number of hydrogen-bond acceptors (Lipinski definition) is 7. The van der Waals surface area contributed by atoms with E-state index < -0.39 is 29.3 Å². The maximum absolute atomic E-state index is 13.4. The topological polar surface area (TPSA) is 115 Å². The van der Waals surface area contributed by atoms with Gasteiger partial charge >= 0.3 is 6.36 Å². The van der Waals surface area contributed by atoms with E-state index >= 15 is 0 Å². The number of carbonyl (C=O) groups is 2. The van der Waals surface area contributed by atoms with Crippen LogP contribution in [0.1, 0.15) is 65.0 Å². The summed E-state index contributed by atoms with van der Waals surface area (Å²) in [6.07, 6.45) is -3.11. The van der Waals surface area contributed by atoms with E-state index in [1.807, 2.05) is 13.8 Å². The molecule has 2 aliphatic heterocycles. The second-order valence-corrected chi connectivity index (χ2v) is 11.5. The SMILES string of the molecule is COCC[C@H](C1C[C@H]1C(=O)N[C@H]1CC(C)(C)Oc2cc(OC(F)(F)F)ccc21)N1C(=O)CC(C)(C)N=C1N. The van der Waals surface area contributed by atoms with E-state index in [-0.39, 0.29) is 47.8 Å². The summed E-state index contributed by atoms with van der Waals surface area (Å²) in [4.78, 5) is 32.4. The highest BCUT2D eigenvalue weighted by Gasteiger charge is 2.52. The molecule has 9 nitrogen and oxygen atoms in total. The molecule has 3 aliphatic rings. The predicted octanol–water partition coefficient (Wildman–Crippen LogP) is 3.67. The zero-order chi connectivity index (χ0) is 28.0. The lowest BCUT2D eigenvalue weighted by molar-refractivity contribution is -0.274. The largest absolute Gasteiger partial charge is 0.573 e. The van der Waals surface area contributed by atoms with Crippen molar-refractivity contribution in [2.45, 2.75) is 83.0 Å². The molecule has 0 aromatic heterocycles. The number of amides is 2. The molecule has 1 saturated carbocycles. The van der Waals surface area contributed by atoms with Crippen LogP contribution in [0.5, 0.6) is 11.5 Å². The van der Waals surface area contributed by atoms with Crippen molar-refractivity contribution in [2.75, 3.05) is 13.7 Å². The van der Waals surface area contributed by atoms with Gasteiger partial charge in [0.2, 0.25) is 11.8 Å². The minimum absolute atomic E-state index is 0.126. The Hall–Kier alpha value is -3.02. The molecule has 4 rings (SSSR count). The first-order chi connectivity index (χ1) is 17.6. The van der Waals surface area contributed by atoms with E-state index in [0.29, 0.717) is 31.4 Å². The standard InChI is InChI=1S/C26H35F3N4O5/c1-24(2)13-21(34)33(23(30)32-24)19(8-9-36-5)16-11-17(16)22(35)31-18-12-25(3,4)38-20-10-14(6-7-15(18)20)37-26(27,28)29/h6-7,10,16-19H,8-9,11-13H2,1-5H3,(H2,30,32)(H,31,35)/t16?,17-,18+,19-/m1/s1. The van der Waals surface area contributed by atoms with Crippen LogP contribution in [0.15, 0.2) is 23.2 Å². The van der Waals surface area contributed by atoms with Crippen LogP contribution in [0.2, 0.25) is 0 Å². The van der Waals surface area contributed by atoms with Crippen molar-refractivity contribution in [2.24, 2.45) is 22.6 Å². The average molecular weight is 541 g/mol. The Labute approximate surface area is 219 Å². The van der Waals surface area contributed by atoms with Crippen LogP contribution in [0.3, 0.4) is 0 Å². The molecule has 12 heteroatoms. The number of carbonyl (C=O) groups excluding carboxylic acids is 2. The van der Waals surface area contributed by atoms with Gasteiger partial charge in [0.25, 0.3) is 0 Å². The van der Waals surface area contributed by atoms with Crippen LogP contribution in [-0.2, 0) is 14.3 Å². The zero-order valence-corrected chi connectivity index (χ0v) is 22.2. The molecule has 1 aromatic carbocycles. The molecule has 38 heavy (non-hydrogen) atoms. The van der Waals surface area contributed by atoms with Gasteiger partial charge in [0.05, 0.1) is 18.0 Å². The zero-order valence-electron chi connectivity index (χ0n) is 22.2. The highest BCUT2D eigenvalue weighted by Crippen LogP contribution is 2.47. The number of alkyl halides is 3. The predicted molar refractivity (Wildman–Crippen MR) is 132 cm³/mol. The average Bonchev–Trinajstić information content (AvgIpc) is 3.53. The summed E-state index contributed by atoms with van der Waals surface area (Å²) < 4.78 is 53.3. The number of guanidine groups is 1.